The molecule has 0 unspecified atom stereocenters. The molecule has 3 aromatic heterocycles. The molecular formula is C20H18N4O3. The van der Waals surface area contributed by atoms with Crippen molar-refractivity contribution >= 4 is 5.97 Å². The van der Waals surface area contributed by atoms with Gasteiger partial charge in [-0.15, -0.1) is 0 Å². The van der Waals surface area contributed by atoms with Gasteiger partial charge in [-0.3, -0.25) is 19.3 Å². The molecule has 0 saturated heterocycles. The van der Waals surface area contributed by atoms with E-state index >= 15 is 0 Å². The first kappa shape index (κ1) is 17.1. The van der Waals surface area contributed by atoms with Crippen molar-refractivity contribution in [1.82, 2.24) is 19.5 Å². The summed E-state index contributed by atoms with van der Waals surface area (Å²) in [6.45, 7) is 0.291. The van der Waals surface area contributed by atoms with Crippen LogP contribution in [0.25, 0.3) is 11.3 Å². The summed E-state index contributed by atoms with van der Waals surface area (Å²) in [6, 6.07) is 8.81. The summed E-state index contributed by atoms with van der Waals surface area (Å²) in [4.78, 5) is 37.8. The number of nitrogens with zero attached hydrogens (tertiary/aromatic N) is 4. The van der Waals surface area contributed by atoms with E-state index in [1.54, 1.807) is 41.2 Å². The molecule has 0 aliphatic heterocycles. The van der Waals surface area contributed by atoms with E-state index in [2.05, 4.69) is 19.7 Å². The molecule has 0 aromatic carbocycles. The number of carbonyl (C=O) groups is 1. The summed E-state index contributed by atoms with van der Waals surface area (Å²) in [5.41, 5.74) is 1.97. The molecule has 0 bridgehead atoms. The molecule has 7 nitrogen and oxygen atoms in total. The van der Waals surface area contributed by atoms with Crippen LogP contribution in [-0.2, 0) is 11.3 Å². The number of hydrogen-bond donors (Lipinski definition) is 0. The fourth-order valence-electron chi connectivity index (χ4n) is 2.94. The third-order valence-electron chi connectivity index (χ3n) is 4.53. The maximum atomic E-state index is 13.1. The zero-order valence-corrected chi connectivity index (χ0v) is 14.8. The van der Waals surface area contributed by atoms with Crippen molar-refractivity contribution in [3.63, 3.8) is 0 Å². The zero-order valence-electron chi connectivity index (χ0n) is 14.8. The first-order valence-corrected chi connectivity index (χ1v) is 8.71. The van der Waals surface area contributed by atoms with Gasteiger partial charge in [-0.2, -0.15) is 0 Å². The van der Waals surface area contributed by atoms with Gasteiger partial charge in [0, 0.05) is 24.5 Å². The van der Waals surface area contributed by atoms with Gasteiger partial charge >= 0.3 is 5.97 Å². The van der Waals surface area contributed by atoms with Crippen molar-refractivity contribution in [2.45, 2.75) is 25.3 Å². The van der Waals surface area contributed by atoms with Crippen LogP contribution in [-0.4, -0.2) is 32.6 Å². The summed E-state index contributed by atoms with van der Waals surface area (Å²) in [7, 11) is 1.33. The highest BCUT2D eigenvalue weighted by Crippen LogP contribution is 2.38. The van der Waals surface area contributed by atoms with Crippen molar-refractivity contribution < 1.29 is 9.53 Å². The van der Waals surface area contributed by atoms with Gasteiger partial charge in [-0.05, 0) is 37.1 Å². The zero-order chi connectivity index (χ0) is 18.8. The molecule has 0 spiro atoms. The van der Waals surface area contributed by atoms with Crippen LogP contribution in [0, 0.1) is 0 Å². The number of pyridine rings is 2. The lowest BCUT2D eigenvalue weighted by Gasteiger charge is -2.13. The van der Waals surface area contributed by atoms with E-state index in [-0.39, 0.29) is 5.56 Å². The standard InChI is InChI=1S/C20H18N4O3/c1-27-20(26)14-7-8-15(22-10-14)12-24-18(13-5-6-13)23-11-16(19(24)25)17-4-2-3-9-21-17/h2-4,7-11,13H,5-6,12H2,1H3. The van der Waals surface area contributed by atoms with Crippen molar-refractivity contribution in [1.29, 1.82) is 0 Å². The topological polar surface area (TPSA) is 87.0 Å². The van der Waals surface area contributed by atoms with Crippen molar-refractivity contribution in [3.8, 4) is 11.3 Å². The van der Waals surface area contributed by atoms with Gasteiger partial charge < -0.3 is 4.74 Å². The number of methoxy groups -OCH3 is 1. The number of ether oxygens (including phenoxy) is 1. The Morgan fingerprint density at radius 3 is 2.63 bits per heavy atom. The number of rotatable bonds is 5. The second kappa shape index (κ2) is 7.11. The van der Waals surface area contributed by atoms with Crippen LogP contribution >= 0.6 is 0 Å². The molecule has 0 amide bonds. The van der Waals surface area contributed by atoms with E-state index < -0.39 is 5.97 Å². The summed E-state index contributed by atoms with van der Waals surface area (Å²) in [6.07, 6.45) is 6.79. The van der Waals surface area contributed by atoms with Crippen LogP contribution in [0.5, 0.6) is 0 Å². The maximum Gasteiger partial charge on any atom is 0.339 e. The molecule has 3 aromatic rings. The van der Waals surface area contributed by atoms with E-state index in [1.807, 2.05) is 6.07 Å². The van der Waals surface area contributed by atoms with E-state index in [0.717, 1.165) is 18.7 Å². The predicted molar refractivity (Wildman–Crippen MR) is 98.4 cm³/mol. The minimum atomic E-state index is -0.441. The smallest absolute Gasteiger partial charge is 0.339 e. The molecule has 7 heteroatoms. The predicted octanol–water partition coefficient (Wildman–Crippen LogP) is 2.41. The van der Waals surface area contributed by atoms with Crippen LogP contribution in [0.1, 0.15) is 40.6 Å². The molecule has 0 radical (unpaired) electrons. The highest BCUT2D eigenvalue weighted by Gasteiger charge is 2.29. The lowest BCUT2D eigenvalue weighted by Crippen LogP contribution is -2.27. The van der Waals surface area contributed by atoms with Crippen molar-refractivity contribution in [2.24, 2.45) is 0 Å². The molecule has 1 saturated carbocycles. The van der Waals surface area contributed by atoms with Gasteiger partial charge in [0.05, 0.1) is 36.2 Å². The average Bonchev–Trinajstić information content (AvgIpc) is 3.55. The summed E-state index contributed by atoms with van der Waals surface area (Å²) >= 11 is 0. The monoisotopic (exact) mass is 362 g/mol. The third kappa shape index (κ3) is 3.48. The van der Waals surface area contributed by atoms with Crippen LogP contribution in [0.2, 0.25) is 0 Å². The van der Waals surface area contributed by atoms with Gasteiger partial charge in [0.15, 0.2) is 0 Å². The van der Waals surface area contributed by atoms with Gasteiger partial charge in [-0.1, -0.05) is 6.07 Å². The van der Waals surface area contributed by atoms with Crippen molar-refractivity contribution in [3.05, 3.63) is 76.4 Å². The lowest BCUT2D eigenvalue weighted by molar-refractivity contribution is 0.0600. The van der Waals surface area contributed by atoms with Crippen LogP contribution in [0.4, 0.5) is 0 Å². The molecule has 3 heterocycles. The van der Waals surface area contributed by atoms with Gasteiger partial charge in [0.2, 0.25) is 0 Å². The Hall–Kier alpha value is -3.35. The Morgan fingerprint density at radius 2 is 2.00 bits per heavy atom. The lowest BCUT2D eigenvalue weighted by atomic mass is 10.2. The Labute approximate surface area is 155 Å². The first-order valence-electron chi connectivity index (χ1n) is 8.71. The normalized spacial score (nSPS) is 13.4. The number of esters is 1. The largest absolute Gasteiger partial charge is 0.465 e. The Bertz CT molecular complexity index is 1030. The van der Waals surface area contributed by atoms with E-state index in [4.69, 9.17) is 0 Å². The molecule has 1 aliphatic carbocycles. The minimum absolute atomic E-state index is 0.135. The molecule has 136 valence electrons. The number of hydrogen-bond acceptors (Lipinski definition) is 6. The van der Waals surface area contributed by atoms with E-state index in [0.29, 0.717) is 35.0 Å². The fraction of sp³-hybridized carbons (Fsp3) is 0.250. The van der Waals surface area contributed by atoms with Crippen LogP contribution in [0.3, 0.4) is 0 Å². The van der Waals surface area contributed by atoms with E-state index in [9.17, 15) is 9.59 Å². The molecule has 1 fully saturated rings. The Morgan fingerprint density at radius 1 is 1.15 bits per heavy atom. The van der Waals surface area contributed by atoms with Crippen LogP contribution in [0.15, 0.2) is 53.7 Å². The average molecular weight is 362 g/mol. The van der Waals surface area contributed by atoms with Crippen molar-refractivity contribution in [2.75, 3.05) is 7.11 Å². The summed E-state index contributed by atoms with van der Waals surface area (Å²) < 4.78 is 6.35. The first-order chi connectivity index (χ1) is 13.2. The SMILES string of the molecule is COC(=O)c1ccc(Cn2c(C3CC3)ncc(-c3ccccn3)c2=O)nc1. The minimum Gasteiger partial charge on any atom is -0.465 e. The fourth-order valence-corrected chi connectivity index (χ4v) is 2.94. The van der Waals surface area contributed by atoms with Gasteiger partial charge in [0.25, 0.3) is 5.56 Å². The highest BCUT2D eigenvalue weighted by molar-refractivity contribution is 5.88. The van der Waals surface area contributed by atoms with Crippen LogP contribution < -0.4 is 5.56 Å². The number of aromatic nitrogens is 4. The van der Waals surface area contributed by atoms with Gasteiger partial charge in [-0.25, -0.2) is 9.78 Å². The molecular weight excluding hydrogens is 344 g/mol. The molecule has 0 N–H and O–H groups in total. The quantitative estimate of drug-likeness (QED) is 0.648. The molecule has 27 heavy (non-hydrogen) atoms. The second-order valence-electron chi connectivity index (χ2n) is 6.44. The third-order valence-corrected chi connectivity index (χ3v) is 4.53. The Balaban J connectivity index is 1.72. The van der Waals surface area contributed by atoms with Gasteiger partial charge in [0.1, 0.15) is 5.82 Å². The molecule has 4 rings (SSSR count). The summed E-state index contributed by atoms with van der Waals surface area (Å²) in [5.74, 6) is 0.645. The molecule has 0 atom stereocenters. The summed E-state index contributed by atoms with van der Waals surface area (Å²) in [5, 5.41) is 0. The highest BCUT2D eigenvalue weighted by atomic mass is 16.5. The number of carbonyl (C=O) groups excluding carboxylic acids is 1. The maximum absolute atomic E-state index is 13.1. The Kier molecular flexibility index (Phi) is 4.50. The van der Waals surface area contributed by atoms with E-state index in [1.165, 1.54) is 13.3 Å². The molecule has 1 aliphatic rings. The second-order valence-corrected chi connectivity index (χ2v) is 6.44.